The van der Waals surface area contributed by atoms with Gasteiger partial charge in [0.15, 0.2) is 0 Å². The summed E-state index contributed by atoms with van der Waals surface area (Å²) in [5, 5.41) is 2.97. The van der Waals surface area contributed by atoms with Crippen LogP contribution in [0.5, 0.6) is 0 Å². The maximum absolute atomic E-state index is 13.2. The second-order valence-electron chi connectivity index (χ2n) is 4.96. The summed E-state index contributed by atoms with van der Waals surface area (Å²) in [5.74, 6) is -0.297. The predicted octanol–water partition coefficient (Wildman–Crippen LogP) is 5.07. The summed E-state index contributed by atoms with van der Waals surface area (Å²) in [7, 11) is 0. The Morgan fingerprint density at radius 3 is 2.29 bits per heavy atom. The van der Waals surface area contributed by atoms with Crippen LogP contribution in [0.4, 0.5) is 23.2 Å². The first-order valence-electron chi connectivity index (χ1n) is 6.44. The summed E-state index contributed by atoms with van der Waals surface area (Å²) in [5.41, 5.74) is 1.78. The highest BCUT2D eigenvalue weighted by Crippen LogP contribution is 2.32. The minimum Gasteiger partial charge on any atom is -0.381 e. The molecule has 0 radical (unpaired) electrons. The van der Waals surface area contributed by atoms with E-state index < -0.39 is 11.7 Å². The van der Waals surface area contributed by atoms with Gasteiger partial charge >= 0.3 is 6.18 Å². The number of alkyl halides is 3. The quantitative estimate of drug-likeness (QED) is 0.780. The molecule has 1 nitrogen and oxygen atoms in total. The smallest absolute Gasteiger partial charge is 0.381 e. The van der Waals surface area contributed by atoms with Crippen molar-refractivity contribution in [3.8, 4) is 0 Å². The molecular formula is C16H15F4N. The third kappa shape index (κ3) is 3.74. The molecule has 5 heteroatoms. The van der Waals surface area contributed by atoms with E-state index >= 15 is 0 Å². The molecule has 0 spiro atoms. The van der Waals surface area contributed by atoms with Gasteiger partial charge in [0.05, 0.1) is 5.56 Å². The molecule has 0 unspecified atom stereocenters. The van der Waals surface area contributed by atoms with Crippen LogP contribution in [0.2, 0.25) is 0 Å². The fraction of sp³-hybridized carbons (Fsp3) is 0.250. The van der Waals surface area contributed by atoms with E-state index in [2.05, 4.69) is 5.32 Å². The second-order valence-corrected chi connectivity index (χ2v) is 4.96. The third-order valence-corrected chi connectivity index (χ3v) is 3.27. The summed E-state index contributed by atoms with van der Waals surface area (Å²) < 4.78 is 51.2. The van der Waals surface area contributed by atoms with Gasteiger partial charge in [0.25, 0.3) is 0 Å². The van der Waals surface area contributed by atoms with E-state index in [9.17, 15) is 17.6 Å². The van der Waals surface area contributed by atoms with E-state index in [0.29, 0.717) is 17.8 Å². The Morgan fingerprint density at radius 1 is 0.952 bits per heavy atom. The van der Waals surface area contributed by atoms with Crippen LogP contribution in [0, 0.1) is 19.7 Å². The molecule has 0 aliphatic carbocycles. The molecule has 0 saturated carbocycles. The minimum atomic E-state index is -4.36. The minimum absolute atomic E-state index is 0.297. The van der Waals surface area contributed by atoms with Gasteiger partial charge in [0.1, 0.15) is 5.82 Å². The van der Waals surface area contributed by atoms with E-state index in [-0.39, 0.29) is 5.82 Å². The summed E-state index contributed by atoms with van der Waals surface area (Å²) in [6.07, 6.45) is -4.36. The molecule has 0 saturated heterocycles. The van der Waals surface area contributed by atoms with E-state index in [0.717, 1.165) is 23.3 Å². The van der Waals surface area contributed by atoms with Crippen LogP contribution in [0.1, 0.15) is 22.3 Å². The van der Waals surface area contributed by atoms with Gasteiger partial charge in [0, 0.05) is 12.2 Å². The van der Waals surface area contributed by atoms with Crippen LogP contribution in [0.15, 0.2) is 36.4 Å². The van der Waals surface area contributed by atoms with E-state index in [1.165, 1.54) is 12.1 Å². The molecule has 0 amide bonds. The average Bonchev–Trinajstić information content (AvgIpc) is 2.40. The van der Waals surface area contributed by atoms with Crippen molar-refractivity contribution in [3.05, 3.63) is 64.5 Å². The molecule has 0 aliphatic heterocycles. The highest BCUT2D eigenvalue weighted by molar-refractivity contribution is 5.53. The van der Waals surface area contributed by atoms with Crippen molar-refractivity contribution in [3.63, 3.8) is 0 Å². The van der Waals surface area contributed by atoms with Gasteiger partial charge < -0.3 is 5.32 Å². The first-order chi connectivity index (χ1) is 9.77. The number of hydrogen-bond acceptors (Lipinski definition) is 1. The number of halogens is 4. The Morgan fingerprint density at radius 2 is 1.67 bits per heavy atom. The van der Waals surface area contributed by atoms with Crippen LogP contribution in [0.25, 0.3) is 0 Å². The lowest BCUT2D eigenvalue weighted by Crippen LogP contribution is -2.07. The lowest BCUT2D eigenvalue weighted by Gasteiger charge is -2.13. The highest BCUT2D eigenvalue weighted by atomic mass is 19.4. The van der Waals surface area contributed by atoms with Crippen molar-refractivity contribution < 1.29 is 17.6 Å². The van der Waals surface area contributed by atoms with Crippen molar-refractivity contribution in [2.45, 2.75) is 26.6 Å². The summed E-state index contributed by atoms with van der Waals surface area (Å²) in [4.78, 5) is 0. The SMILES string of the molecule is Cc1cc(CNc2cc(C(F)(F)F)ccc2C)ccc1F. The van der Waals surface area contributed by atoms with Gasteiger partial charge in [-0.25, -0.2) is 4.39 Å². The van der Waals surface area contributed by atoms with Crippen molar-refractivity contribution >= 4 is 5.69 Å². The number of nitrogens with one attached hydrogen (secondary N) is 1. The van der Waals surface area contributed by atoms with Gasteiger partial charge in [-0.1, -0.05) is 18.2 Å². The Balaban J connectivity index is 2.17. The fourth-order valence-corrected chi connectivity index (χ4v) is 2.00. The molecule has 2 aromatic carbocycles. The predicted molar refractivity (Wildman–Crippen MR) is 74.6 cm³/mol. The van der Waals surface area contributed by atoms with Crippen LogP contribution < -0.4 is 5.32 Å². The fourth-order valence-electron chi connectivity index (χ4n) is 2.00. The molecule has 0 aromatic heterocycles. The van der Waals surface area contributed by atoms with E-state index in [4.69, 9.17) is 0 Å². The van der Waals surface area contributed by atoms with Crippen LogP contribution in [-0.2, 0) is 12.7 Å². The van der Waals surface area contributed by atoms with Crippen LogP contribution in [0.3, 0.4) is 0 Å². The van der Waals surface area contributed by atoms with Crippen molar-refractivity contribution in [1.29, 1.82) is 0 Å². The van der Waals surface area contributed by atoms with E-state index in [1.54, 1.807) is 26.0 Å². The van der Waals surface area contributed by atoms with E-state index in [1.807, 2.05) is 0 Å². The first kappa shape index (κ1) is 15.4. The average molecular weight is 297 g/mol. The maximum Gasteiger partial charge on any atom is 0.416 e. The summed E-state index contributed by atoms with van der Waals surface area (Å²) in [6, 6.07) is 8.21. The second kappa shape index (κ2) is 5.76. The monoisotopic (exact) mass is 297 g/mol. The summed E-state index contributed by atoms with van der Waals surface area (Å²) >= 11 is 0. The molecule has 0 atom stereocenters. The lowest BCUT2D eigenvalue weighted by atomic mass is 10.1. The van der Waals surface area contributed by atoms with Crippen molar-refractivity contribution in [2.24, 2.45) is 0 Å². The summed E-state index contributed by atoms with van der Waals surface area (Å²) in [6.45, 7) is 3.72. The number of rotatable bonds is 3. The van der Waals surface area contributed by atoms with Gasteiger partial charge in [-0.15, -0.1) is 0 Å². The zero-order valence-electron chi connectivity index (χ0n) is 11.7. The van der Waals surface area contributed by atoms with Gasteiger partial charge in [-0.3, -0.25) is 0 Å². The van der Waals surface area contributed by atoms with Crippen LogP contribution in [-0.4, -0.2) is 0 Å². The Kier molecular flexibility index (Phi) is 4.21. The topological polar surface area (TPSA) is 12.0 Å². The lowest BCUT2D eigenvalue weighted by molar-refractivity contribution is -0.137. The number of anilines is 1. The third-order valence-electron chi connectivity index (χ3n) is 3.27. The van der Waals surface area contributed by atoms with Gasteiger partial charge in [-0.2, -0.15) is 13.2 Å². The van der Waals surface area contributed by atoms with Gasteiger partial charge in [0.2, 0.25) is 0 Å². The normalized spacial score (nSPS) is 11.5. The molecule has 0 aliphatic rings. The molecule has 2 rings (SSSR count). The zero-order chi connectivity index (χ0) is 15.6. The zero-order valence-corrected chi connectivity index (χ0v) is 11.7. The highest BCUT2D eigenvalue weighted by Gasteiger charge is 2.30. The molecule has 0 fully saturated rings. The molecule has 21 heavy (non-hydrogen) atoms. The molecule has 2 aromatic rings. The molecule has 0 heterocycles. The number of aryl methyl sites for hydroxylation is 2. The van der Waals surface area contributed by atoms with Gasteiger partial charge in [-0.05, 0) is 48.7 Å². The largest absolute Gasteiger partial charge is 0.416 e. The van der Waals surface area contributed by atoms with Crippen LogP contribution >= 0.6 is 0 Å². The molecule has 0 bridgehead atoms. The Labute approximate surface area is 120 Å². The maximum atomic E-state index is 13.2. The number of benzene rings is 2. The number of hydrogen-bond donors (Lipinski definition) is 1. The Hall–Kier alpha value is -2.04. The Bertz CT molecular complexity index is 647. The molecule has 1 N–H and O–H groups in total. The van der Waals surface area contributed by atoms with Crippen molar-refractivity contribution in [1.82, 2.24) is 0 Å². The van der Waals surface area contributed by atoms with Crippen molar-refractivity contribution in [2.75, 3.05) is 5.32 Å². The standard InChI is InChI=1S/C16H15F4N/c1-10-3-5-13(16(18,19)20)8-15(10)21-9-12-4-6-14(17)11(2)7-12/h3-8,21H,9H2,1-2H3. The molecule has 112 valence electrons. The first-order valence-corrected chi connectivity index (χ1v) is 6.44. The molecular weight excluding hydrogens is 282 g/mol.